The monoisotopic (exact) mass is 259 g/mol. The molecule has 0 aromatic heterocycles. The number of rotatable bonds is 2. The lowest BCUT2D eigenvalue weighted by Gasteiger charge is -2.27. The van der Waals surface area contributed by atoms with Crippen molar-refractivity contribution in [3.8, 4) is 22.6 Å². The van der Waals surface area contributed by atoms with Crippen molar-refractivity contribution < 1.29 is 13.9 Å². The zero-order valence-electron chi connectivity index (χ0n) is 10.3. The van der Waals surface area contributed by atoms with E-state index in [1.807, 2.05) is 18.2 Å². The Balaban J connectivity index is 2.11. The fraction of sp³-hybridized carbons (Fsp3) is 0.200. The van der Waals surface area contributed by atoms with Crippen molar-refractivity contribution in [3.63, 3.8) is 0 Å². The summed E-state index contributed by atoms with van der Waals surface area (Å²) in [5, 5.41) is 0. The lowest BCUT2D eigenvalue weighted by atomic mass is 10.0. The summed E-state index contributed by atoms with van der Waals surface area (Å²) in [6.07, 6.45) is -0.194. The van der Waals surface area contributed by atoms with E-state index in [-0.39, 0.29) is 11.9 Å². The van der Waals surface area contributed by atoms with Crippen molar-refractivity contribution in [2.24, 2.45) is 5.73 Å². The van der Waals surface area contributed by atoms with Gasteiger partial charge in [0.05, 0.1) is 0 Å². The lowest BCUT2D eigenvalue weighted by molar-refractivity contribution is 0.0976. The van der Waals surface area contributed by atoms with Gasteiger partial charge in [0.25, 0.3) is 0 Å². The molecule has 0 fully saturated rings. The first-order valence-electron chi connectivity index (χ1n) is 6.17. The summed E-state index contributed by atoms with van der Waals surface area (Å²) in [6.45, 7) is 0.787. The van der Waals surface area contributed by atoms with Gasteiger partial charge in [-0.05, 0) is 12.1 Å². The van der Waals surface area contributed by atoms with E-state index in [2.05, 4.69) is 0 Å². The van der Waals surface area contributed by atoms with E-state index in [9.17, 15) is 4.39 Å². The SMILES string of the molecule is NCC1COc2cccc(-c3ccccc3F)c2O1. The smallest absolute Gasteiger partial charge is 0.169 e. The molecule has 1 atom stereocenters. The third-order valence-corrected chi connectivity index (χ3v) is 3.12. The van der Waals surface area contributed by atoms with Gasteiger partial charge < -0.3 is 15.2 Å². The van der Waals surface area contributed by atoms with Gasteiger partial charge in [-0.1, -0.05) is 30.3 Å². The van der Waals surface area contributed by atoms with Crippen LogP contribution in [-0.2, 0) is 0 Å². The van der Waals surface area contributed by atoms with E-state index in [0.717, 1.165) is 0 Å². The third-order valence-electron chi connectivity index (χ3n) is 3.12. The molecule has 3 nitrogen and oxygen atoms in total. The standard InChI is InChI=1S/C15H14FNO2/c16-13-6-2-1-4-11(13)12-5-3-7-14-15(12)19-10(8-17)9-18-14/h1-7,10H,8-9,17H2. The number of nitrogens with two attached hydrogens (primary N) is 1. The van der Waals surface area contributed by atoms with Crippen LogP contribution < -0.4 is 15.2 Å². The van der Waals surface area contributed by atoms with Crippen LogP contribution >= 0.6 is 0 Å². The molecule has 0 bridgehead atoms. The second kappa shape index (κ2) is 4.90. The highest BCUT2D eigenvalue weighted by Gasteiger charge is 2.23. The average molecular weight is 259 g/mol. The molecule has 0 aliphatic carbocycles. The van der Waals surface area contributed by atoms with Gasteiger partial charge in [0, 0.05) is 17.7 Å². The first-order chi connectivity index (χ1) is 9.29. The quantitative estimate of drug-likeness (QED) is 0.901. The van der Waals surface area contributed by atoms with Crippen LogP contribution in [-0.4, -0.2) is 19.3 Å². The van der Waals surface area contributed by atoms with Gasteiger partial charge >= 0.3 is 0 Å². The van der Waals surface area contributed by atoms with Crippen molar-refractivity contribution >= 4 is 0 Å². The van der Waals surface area contributed by atoms with Crippen LogP contribution in [0.15, 0.2) is 42.5 Å². The molecule has 0 saturated carbocycles. The maximum atomic E-state index is 13.9. The van der Waals surface area contributed by atoms with Crippen LogP contribution in [0.25, 0.3) is 11.1 Å². The fourth-order valence-electron chi connectivity index (χ4n) is 2.14. The van der Waals surface area contributed by atoms with Crippen molar-refractivity contribution in [3.05, 3.63) is 48.3 Å². The molecule has 0 spiro atoms. The summed E-state index contributed by atoms with van der Waals surface area (Å²) in [4.78, 5) is 0. The fourth-order valence-corrected chi connectivity index (χ4v) is 2.14. The second-order valence-electron chi connectivity index (χ2n) is 4.40. The highest BCUT2D eigenvalue weighted by Crippen LogP contribution is 2.41. The maximum Gasteiger partial charge on any atom is 0.169 e. The van der Waals surface area contributed by atoms with Gasteiger partial charge in [-0.25, -0.2) is 4.39 Å². The van der Waals surface area contributed by atoms with Gasteiger partial charge in [0.2, 0.25) is 0 Å². The van der Waals surface area contributed by atoms with Crippen LogP contribution in [0.4, 0.5) is 4.39 Å². The van der Waals surface area contributed by atoms with E-state index in [4.69, 9.17) is 15.2 Å². The minimum absolute atomic E-state index is 0.194. The highest BCUT2D eigenvalue weighted by atomic mass is 19.1. The Kier molecular flexibility index (Phi) is 3.09. The number of fused-ring (bicyclic) bond motifs is 1. The van der Waals surface area contributed by atoms with Crippen molar-refractivity contribution in [1.82, 2.24) is 0 Å². The van der Waals surface area contributed by atoms with Crippen LogP contribution in [0.5, 0.6) is 11.5 Å². The topological polar surface area (TPSA) is 44.5 Å². The highest BCUT2D eigenvalue weighted by molar-refractivity contribution is 5.74. The summed E-state index contributed by atoms with van der Waals surface area (Å²) in [7, 11) is 0. The molecular formula is C15H14FNO2. The normalized spacial score (nSPS) is 17.3. The Labute approximate surface area is 110 Å². The maximum absolute atomic E-state index is 13.9. The average Bonchev–Trinajstić information content (AvgIpc) is 2.47. The number of hydrogen-bond acceptors (Lipinski definition) is 3. The molecule has 0 radical (unpaired) electrons. The molecule has 1 aliphatic rings. The number of halogens is 1. The van der Waals surface area contributed by atoms with Crippen LogP contribution in [0.2, 0.25) is 0 Å². The Morgan fingerprint density at radius 3 is 2.68 bits per heavy atom. The molecule has 1 heterocycles. The molecule has 0 saturated heterocycles. The molecular weight excluding hydrogens is 245 g/mol. The summed E-state index contributed by atoms with van der Waals surface area (Å²) < 4.78 is 25.3. The Bertz CT molecular complexity index is 600. The van der Waals surface area contributed by atoms with Crippen LogP contribution in [0.1, 0.15) is 0 Å². The summed E-state index contributed by atoms with van der Waals surface area (Å²) in [5.41, 5.74) is 6.79. The molecule has 19 heavy (non-hydrogen) atoms. The number of benzene rings is 2. The lowest BCUT2D eigenvalue weighted by Crippen LogP contribution is -2.35. The van der Waals surface area contributed by atoms with Crippen LogP contribution in [0.3, 0.4) is 0 Å². The van der Waals surface area contributed by atoms with Crippen molar-refractivity contribution in [2.45, 2.75) is 6.10 Å². The molecule has 4 heteroatoms. The van der Waals surface area contributed by atoms with Crippen molar-refractivity contribution in [1.29, 1.82) is 0 Å². The third kappa shape index (κ3) is 2.15. The first-order valence-corrected chi connectivity index (χ1v) is 6.17. The zero-order valence-corrected chi connectivity index (χ0v) is 10.3. The van der Waals surface area contributed by atoms with Gasteiger partial charge in [-0.15, -0.1) is 0 Å². The minimum Gasteiger partial charge on any atom is -0.486 e. The van der Waals surface area contributed by atoms with E-state index in [1.165, 1.54) is 6.07 Å². The predicted octanol–water partition coefficient (Wildman–Crippen LogP) is 2.59. The number of para-hydroxylation sites is 1. The van der Waals surface area contributed by atoms with Gasteiger partial charge in [0.1, 0.15) is 18.5 Å². The molecule has 1 unspecified atom stereocenters. The van der Waals surface area contributed by atoms with Crippen LogP contribution in [0, 0.1) is 5.82 Å². The molecule has 2 aromatic rings. The van der Waals surface area contributed by atoms with E-state index in [1.54, 1.807) is 18.2 Å². The number of ether oxygens (including phenoxy) is 2. The molecule has 2 aromatic carbocycles. The minimum atomic E-state index is -0.283. The largest absolute Gasteiger partial charge is 0.486 e. The van der Waals surface area contributed by atoms with E-state index in [0.29, 0.717) is 35.8 Å². The summed E-state index contributed by atoms with van der Waals surface area (Å²) >= 11 is 0. The Morgan fingerprint density at radius 1 is 1.11 bits per heavy atom. The van der Waals surface area contributed by atoms with Gasteiger partial charge in [-0.2, -0.15) is 0 Å². The molecule has 1 aliphatic heterocycles. The predicted molar refractivity (Wildman–Crippen MR) is 70.8 cm³/mol. The van der Waals surface area contributed by atoms with Crippen molar-refractivity contribution in [2.75, 3.05) is 13.2 Å². The van der Waals surface area contributed by atoms with E-state index < -0.39 is 0 Å². The second-order valence-corrected chi connectivity index (χ2v) is 4.40. The van der Waals surface area contributed by atoms with Gasteiger partial charge in [-0.3, -0.25) is 0 Å². The summed E-state index contributed by atoms with van der Waals surface area (Å²) in [6, 6.07) is 12.1. The zero-order chi connectivity index (χ0) is 13.2. The number of hydrogen-bond donors (Lipinski definition) is 1. The summed E-state index contributed by atoms with van der Waals surface area (Å²) in [5.74, 6) is 0.911. The Morgan fingerprint density at radius 2 is 1.89 bits per heavy atom. The molecule has 98 valence electrons. The molecule has 2 N–H and O–H groups in total. The van der Waals surface area contributed by atoms with Gasteiger partial charge in [0.15, 0.2) is 11.5 Å². The molecule has 3 rings (SSSR count). The first kappa shape index (κ1) is 12.0. The van der Waals surface area contributed by atoms with E-state index >= 15 is 0 Å². The molecule has 0 amide bonds. The Hall–Kier alpha value is -2.07.